The Morgan fingerprint density at radius 1 is 1.29 bits per heavy atom. The molecule has 0 aliphatic rings. The lowest BCUT2D eigenvalue weighted by molar-refractivity contribution is -0.126. The largest absolute Gasteiger partial charge is 0.497 e. The molecule has 0 spiro atoms. The van der Waals surface area contributed by atoms with Crippen molar-refractivity contribution in [3.63, 3.8) is 0 Å². The van der Waals surface area contributed by atoms with E-state index in [0.29, 0.717) is 0 Å². The Bertz CT molecular complexity index is 382. The second kappa shape index (κ2) is 5.21. The van der Waals surface area contributed by atoms with E-state index in [1.165, 1.54) is 0 Å². The normalized spacial score (nSPS) is 11.1. The van der Waals surface area contributed by atoms with E-state index in [0.717, 1.165) is 17.9 Å². The van der Waals surface area contributed by atoms with E-state index in [-0.39, 0.29) is 11.3 Å². The van der Waals surface area contributed by atoms with Gasteiger partial charge >= 0.3 is 0 Å². The summed E-state index contributed by atoms with van der Waals surface area (Å²) in [7, 11) is 3.44. The van der Waals surface area contributed by atoms with Gasteiger partial charge in [0.1, 0.15) is 5.75 Å². The maximum absolute atomic E-state index is 12.2. The van der Waals surface area contributed by atoms with E-state index >= 15 is 0 Å². The van der Waals surface area contributed by atoms with Crippen LogP contribution in [0.2, 0.25) is 0 Å². The number of anilines is 1. The highest BCUT2D eigenvalue weighted by Gasteiger charge is 2.28. The SMILES string of the molecule is CCC(C)(C)C(=O)N(C)c1ccc(OC)cc1. The van der Waals surface area contributed by atoms with Crippen molar-refractivity contribution in [3.05, 3.63) is 24.3 Å². The molecule has 1 aromatic carbocycles. The number of nitrogens with zero attached hydrogens (tertiary/aromatic N) is 1. The van der Waals surface area contributed by atoms with Gasteiger partial charge in [0.2, 0.25) is 5.91 Å². The van der Waals surface area contributed by atoms with Crippen LogP contribution in [0.15, 0.2) is 24.3 Å². The van der Waals surface area contributed by atoms with Crippen LogP contribution in [-0.2, 0) is 4.79 Å². The van der Waals surface area contributed by atoms with Gasteiger partial charge in [-0.05, 0) is 30.7 Å². The van der Waals surface area contributed by atoms with Crippen LogP contribution in [0.3, 0.4) is 0 Å². The smallest absolute Gasteiger partial charge is 0.232 e. The molecule has 0 aliphatic carbocycles. The molecule has 0 radical (unpaired) electrons. The van der Waals surface area contributed by atoms with E-state index in [1.54, 1.807) is 12.0 Å². The number of amides is 1. The van der Waals surface area contributed by atoms with E-state index in [4.69, 9.17) is 4.74 Å². The molecule has 94 valence electrons. The minimum atomic E-state index is -0.325. The molecule has 0 saturated heterocycles. The Morgan fingerprint density at radius 2 is 1.82 bits per heavy atom. The molecule has 0 bridgehead atoms. The van der Waals surface area contributed by atoms with Crippen LogP contribution < -0.4 is 9.64 Å². The third-order valence-electron chi connectivity index (χ3n) is 3.23. The van der Waals surface area contributed by atoms with Gasteiger partial charge in [-0.15, -0.1) is 0 Å². The number of hydrogen-bond donors (Lipinski definition) is 0. The van der Waals surface area contributed by atoms with Crippen molar-refractivity contribution in [2.75, 3.05) is 19.1 Å². The second-order valence-corrected chi connectivity index (χ2v) is 4.80. The molecule has 17 heavy (non-hydrogen) atoms. The van der Waals surface area contributed by atoms with Crippen molar-refractivity contribution in [1.29, 1.82) is 0 Å². The van der Waals surface area contributed by atoms with Crippen LogP contribution in [0, 0.1) is 5.41 Å². The van der Waals surface area contributed by atoms with Crippen LogP contribution in [0.1, 0.15) is 27.2 Å². The number of carbonyl (C=O) groups excluding carboxylic acids is 1. The second-order valence-electron chi connectivity index (χ2n) is 4.80. The maximum atomic E-state index is 12.2. The molecule has 0 fully saturated rings. The first-order valence-corrected chi connectivity index (χ1v) is 5.84. The molecule has 3 heteroatoms. The lowest BCUT2D eigenvalue weighted by Gasteiger charge is -2.28. The highest BCUT2D eigenvalue weighted by atomic mass is 16.5. The number of ether oxygens (including phenoxy) is 1. The Hall–Kier alpha value is -1.51. The lowest BCUT2D eigenvalue weighted by Crippen LogP contribution is -2.38. The fourth-order valence-electron chi connectivity index (χ4n) is 1.53. The Kier molecular flexibility index (Phi) is 4.16. The number of rotatable bonds is 4. The predicted octanol–water partition coefficient (Wildman–Crippen LogP) is 3.09. The van der Waals surface area contributed by atoms with Crippen molar-refractivity contribution in [3.8, 4) is 5.75 Å². The molecule has 1 amide bonds. The predicted molar refractivity (Wildman–Crippen MR) is 70.5 cm³/mol. The number of benzene rings is 1. The Morgan fingerprint density at radius 3 is 2.24 bits per heavy atom. The molecule has 0 unspecified atom stereocenters. The van der Waals surface area contributed by atoms with E-state index in [9.17, 15) is 4.79 Å². The molecule has 0 N–H and O–H groups in total. The van der Waals surface area contributed by atoms with Crippen LogP contribution in [0.4, 0.5) is 5.69 Å². The summed E-state index contributed by atoms with van der Waals surface area (Å²) < 4.78 is 5.09. The van der Waals surface area contributed by atoms with Gasteiger partial charge in [-0.1, -0.05) is 20.8 Å². The van der Waals surface area contributed by atoms with Crippen LogP contribution in [-0.4, -0.2) is 20.1 Å². The first-order chi connectivity index (χ1) is 7.92. The quantitative estimate of drug-likeness (QED) is 0.802. The van der Waals surface area contributed by atoms with E-state index in [2.05, 4.69) is 0 Å². The standard InChI is InChI=1S/C14H21NO2/c1-6-14(2,3)13(16)15(4)11-7-9-12(17-5)10-8-11/h7-10H,6H2,1-5H3. The fraction of sp³-hybridized carbons (Fsp3) is 0.500. The van der Waals surface area contributed by atoms with E-state index in [1.807, 2.05) is 52.1 Å². The minimum absolute atomic E-state index is 0.130. The van der Waals surface area contributed by atoms with Gasteiger partial charge in [-0.25, -0.2) is 0 Å². The van der Waals surface area contributed by atoms with Gasteiger partial charge in [0.25, 0.3) is 0 Å². The van der Waals surface area contributed by atoms with Crippen molar-refractivity contribution < 1.29 is 9.53 Å². The van der Waals surface area contributed by atoms with Crippen molar-refractivity contribution >= 4 is 11.6 Å². The van der Waals surface area contributed by atoms with Gasteiger partial charge in [-0.3, -0.25) is 4.79 Å². The topological polar surface area (TPSA) is 29.5 Å². The van der Waals surface area contributed by atoms with Crippen molar-refractivity contribution in [1.82, 2.24) is 0 Å². The summed E-state index contributed by atoms with van der Waals surface area (Å²) in [6.45, 7) is 5.96. The van der Waals surface area contributed by atoms with Crippen LogP contribution >= 0.6 is 0 Å². The Balaban J connectivity index is 2.88. The third-order valence-corrected chi connectivity index (χ3v) is 3.23. The number of hydrogen-bond acceptors (Lipinski definition) is 2. The third kappa shape index (κ3) is 2.99. The Labute approximate surface area is 103 Å². The summed E-state index contributed by atoms with van der Waals surface area (Å²) in [5, 5.41) is 0. The fourth-order valence-corrected chi connectivity index (χ4v) is 1.53. The zero-order chi connectivity index (χ0) is 13.1. The van der Waals surface area contributed by atoms with Gasteiger partial charge in [0, 0.05) is 18.2 Å². The monoisotopic (exact) mass is 235 g/mol. The molecule has 0 heterocycles. The van der Waals surface area contributed by atoms with Crippen LogP contribution in [0.25, 0.3) is 0 Å². The first-order valence-electron chi connectivity index (χ1n) is 5.84. The van der Waals surface area contributed by atoms with E-state index < -0.39 is 0 Å². The number of carbonyl (C=O) groups is 1. The number of methoxy groups -OCH3 is 1. The molecular formula is C14H21NO2. The molecule has 0 aliphatic heterocycles. The van der Waals surface area contributed by atoms with Gasteiger partial charge in [-0.2, -0.15) is 0 Å². The molecule has 0 atom stereocenters. The summed E-state index contributed by atoms with van der Waals surface area (Å²) in [5.41, 5.74) is 0.562. The summed E-state index contributed by atoms with van der Waals surface area (Å²) >= 11 is 0. The zero-order valence-electron chi connectivity index (χ0n) is 11.3. The van der Waals surface area contributed by atoms with Gasteiger partial charge in [0.15, 0.2) is 0 Å². The van der Waals surface area contributed by atoms with Crippen molar-refractivity contribution in [2.24, 2.45) is 5.41 Å². The van der Waals surface area contributed by atoms with Crippen LogP contribution in [0.5, 0.6) is 5.75 Å². The van der Waals surface area contributed by atoms with Crippen molar-refractivity contribution in [2.45, 2.75) is 27.2 Å². The van der Waals surface area contributed by atoms with Gasteiger partial charge in [0.05, 0.1) is 7.11 Å². The molecule has 0 aromatic heterocycles. The molecule has 1 rings (SSSR count). The molecule has 0 saturated carbocycles. The average molecular weight is 235 g/mol. The summed E-state index contributed by atoms with van der Waals surface area (Å²) in [5.74, 6) is 0.925. The minimum Gasteiger partial charge on any atom is -0.497 e. The summed E-state index contributed by atoms with van der Waals surface area (Å²) in [6, 6.07) is 7.50. The van der Waals surface area contributed by atoms with Gasteiger partial charge < -0.3 is 9.64 Å². The summed E-state index contributed by atoms with van der Waals surface area (Å²) in [6.07, 6.45) is 0.826. The average Bonchev–Trinajstić information content (AvgIpc) is 2.37. The molecular weight excluding hydrogens is 214 g/mol. The highest BCUT2D eigenvalue weighted by Crippen LogP contribution is 2.26. The summed E-state index contributed by atoms with van der Waals surface area (Å²) in [4.78, 5) is 13.9. The lowest BCUT2D eigenvalue weighted by atomic mass is 9.88. The zero-order valence-corrected chi connectivity index (χ0v) is 11.3. The maximum Gasteiger partial charge on any atom is 0.232 e. The molecule has 1 aromatic rings. The molecule has 3 nitrogen and oxygen atoms in total. The first kappa shape index (κ1) is 13.6. The highest BCUT2D eigenvalue weighted by molar-refractivity contribution is 5.96.